The predicted octanol–water partition coefficient (Wildman–Crippen LogP) is 0.956. The molecule has 0 bridgehead atoms. The molecule has 13 heavy (non-hydrogen) atoms. The van der Waals surface area contributed by atoms with E-state index >= 15 is 0 Å². The molecule has 1 rings (SSSR count). The molecule has 1 heterocycles. The van der Waals surface area contributed by atoms with Gasteiger partial charge in [0, 0.05) is 25.0 Å². The summed E-state index contributed by atoms with van der Waals surface area (Å²) in [7, 11) is 0. The van der Waals surface area contributed by atoms with Crippen LogP contribution >= 0.6 is 0 Å². The summed E-state index contributed by atoms with van der Waals surface area (Å²) in [5, 5.41) is 8.64. The molecular formula is C9H11NO3. The van der Waals surface area contributed by atoms with Crippen molar-refractivity contribution in [3.05, 3.63) is 34.2 Å². The van der Waals surface area contributed by atoms with E-state index in [0.717, 1.165) is 13.0 Å². The lowest BCUT2D eigenvalue weighted by Gasteiger charge is -2.03. The average Bonchev–Trinajstić information content (AvgIpc) is 2.08. The number of aromatic nitrogens is 1. The van der Waals surface area contributed by atoms with Crippen LogP contribution in [0.15, 0.2) is 23.3 Å². The summed E-state index contributed by atoms with van der Waals surface area (Å²) in [5.74, 6) is -1.17. The number of carboxylic acids is 1. The summed E-state index contributed by atoms with van der Waals surface area (Å²) in [6, 6.07) is 1.28. The van der Waals surface area contributed by atoms with Crippen LogP contribution in [0.4, 0.5) is 0 Å². The highest BCUT2D eigenvalue weighted by Crippen LogP contribution is 1.94. The molecule has 0 aromatic carbocycles. The van der Waals surface area contributed by atoms with E-state index < -0.39 is 11.4 Å². The number of pyridine rings is 1. The third-order valence-electron chi connectivity index (χ3n) is 1.69. The van der Waals surface area contributed by atoms with Gasteiger partial charge in [0.2, 0.25) is 0 Å². The van der Waals surface area contributed by atoms with E-state index in [1.54, 1.807) is 10.8 Å². The van der Waals surface area contributed by atoms with Gasteiger partial charge >= 0.3 is 5.97 Å². The summed E-state index contributed by atoms with van der Waals surface area (Å²) in [5.41, 5.74) is -0.615. The van der Waals surface area contributed by atoms with E-state index in [1.807, 2.05) is 6.92 Å². The first kappa shape index (κ1) is 9.51. The number of carboxylic acid groups (broad SMARTS) is 1. The highest BCUT2D eigenvalue weighted by Gasteiger charge is 2.07. The molecule has 0 aliphatic carbocycles. The number of aromatic carboxylic acids is 1. The first-order chi connectivity index (χ1) is 6.15. The van der Waals surface area contributed by atoms with Crippen molar-refractivity contribution >= 4 is 5.97 Å². The average molecular weight is 181 g/mol. The van der Waals surface area contributed by atoms with E-state index in [0.29, 0.717) is 0 Å². The molecule has 0 saturated carbocycles. The smallest absolute Gasteiger partial charge is 0.341 e. The number of nitrogens with zero attached hydrogens (tertiary/aromatic N) is 1. The Morgan fingerprint density at radius 3 is 2.85 bits per heavy atom. The van der Waals surface area contributed by atoms with Crippen LogP contribution < -0.4 is 5.43 Å². The molecule has 70 valence electrons. The SMILES string of the molecule is CCCn1ccc(=O)c(C(=O)O)c1. The maximum absolute atomic E-state index is 11.0. The minimum absolute atomic E-state index is 0.170. The second-order valence-corrected chi connectivity index (χ2v) is 2.77. The molecule has 0 spiro atoms. The van der Waals surface area contributed by atoms with E-state index in [2.05, 4.69) is 0 Å². The predicted molar refractivity (Wildman–Crippen MR) is 48.0 cm³/mol. The summed E-state index contributed by atoms with van der Waals surface area (Å²) in [6.45, 7) is 2.71. The van der Waals surface area contributed by atoms with Gasteiger partial charge in [-0.2, -0.15) is 0 Å². The summed E-state index contributed by atoms with van der Waals surface area (Å²) in [6.07, 6.45) is 3.87. The van der Waals surface area contributed by atoms with Crippen molar-refractivity contribution in [3.63, 3.8) is 0 Å². The van der Waals surface area contributed by atoms with Gasteiger partial charge in [0.05, 0.1) is 0 Å². The van der Waals surface area contributed by atoms with Gasteiger partial charge in [-0.15, -0.1) is 0 Å². The van der Waals surface area contributed by atoms with Gasteiger partial charge in [-0.3, -0.25) is 4.79 Å². The molecule has 1 aromatic heterocycles. The monoisotopic (exact) mass is 181 g/mol. The van der Waals surface area contributed by atoms with Gasteiger partial charge < -0.3 is 9.67 Å². The molecule has 0 atom stereocenters. The molecule has 4 nitrogen and oxygen atoms in total. The Morgan fingerprint density at radius 1 is 1.62 bits per heavy atom. The van der Waals surface area contributed by atoms with Gasteiger partial charge in [-0.05, 0) is 6.42 Å². The van der Waals surface area contributed by atoms with Crippen LogP contribution in [0.25, 0.3) is 0 Å². The van der Waals surface area contributed by atoms with E-state index in [1.165, 1.54) is 12.3 Å². The molecule has 0 radical (unpaired) electrons. The Kier molecular flexibility index (Phi) is 2.84. The quantitative estimate of drug-likeness (QED) is 0.755. The van der Waals surface area contributed by atoms with Crippen molar-refractivity contribution in [1.29, 1.82) is 0 Å². The first-order valence-electron chi connectivity index (χ1n) is 4.08. The first-order valence-corrected chi connectivity index (χ1v) is 4.08. The molecule has 0 amide bonds. The van der Waals surface area contributed by atoms with Gasteiger partial charge in [-0.25, -0.2) is 4.79 Å². The van der Waals surface area contributed by atoms with Crippen LogP contribution in [0.1, 0.15) is 23.7 Å². The third-order valence-corrected chi connectivity index (χ3v) is 1.69. The topological polar surface area (TPSA) is 59.3 Å². The summed E-state index contributed by atoms with van der Waals surface area (Å²) in [4.78, 5) is 21.6. The molecule has 0 unspecified atom stereocenters. The Labute approximate surface area is 75.4 Å². The zero-order valence-corrected chi connectivity index (χ0v) is 7.36. The summed E-state index contributed by atoms with van der Waals surface area (Å²) < 4.78 is 1.70. The number of rotatable bonds is 3. The Hall–Kier alpha value is -1.58. The largest absolute Gasteiger partial charge is 0.477 e. The lowest BCUT2D eigenvalue weighted by molar-refractivity contribution is 0.0694. The summed E-state index contributed by atoms with van der Waals surface area (Å²) >= 11 is 0. The standard InChI is InChI=1S/C9H11NO3/c1-2-4-10-5-3-8(11)7(6-10)9(12)13/h3,5-6H,2,4H2,1H3,(H,12,13). The van der Waals surface area contributed by atoms with Gasteiger partial charge in [0.25, 0.3) is 0 Å². The minimum Gasteiger partial charge on any atom is -0.477 e. The Morgan fingerprint density at radius 2 is 2.31 bits per heavy atom. The van der Waals surface area contributed by atoms with Crippen molar-refractivity contribution in [2.75, 3.05) is 0 Å². The molecule has 0 aliphatic rings. The van der Waals surface area contributed by atoms with Gasteiger partial charge in [0.1, 0.15) is 5.56 Å². The normalized spacial score (nSPS) is 9.92. The third kappa shape index (κ3) is 2.18. The lowest BCUT2D eigenvalue weighted by atomic mass is 10.3. The van der Waals surface area contributed by atoms with Crippen molar-refractivity contribution in [2.45, 2.75) is 19.9 Å². The van der Waals surface area contributed by atoms with Crippen LogP contribution in [0.3, 0.4) is 0 Å². The Balaban J connectivity index is 3.11. The van der Waals surface area contributed by atoms with Crippen LogP contribution in [0, 0.1) is 0 Å². The van der Waals surface area contributed by atoms with Crippen LogP contribution in [0.5, 0.6) is 0 Å². The maximum atomic E-state index is 11.0. The van der Waals surface area contributed by atoms with Crippen LogP contribution in [0.2, 0.25) is 0 Å². The second kappa shape index (κ2) is 3.89. The molecular weight excluding hydrogens is 170 g/mol. The van der Waals surface area contributed by atoms with Crippen LogP contribution in [-0.2, 0) is 6.54 Å². The molecule has 0 aliphatic heterocycles. The number of hydrogen-bond donors (Lipinski definition) is 1. The lowest BCUT2D eigenvalue weighted by Crippen LogP contribution is -2.16. The fraction of sp³-hybridized carbons (Fsp3) is 0.333. The fourth-order valence-electron chi connectivity index (χ4n) is 1.08. The van der Waals surface area contributed by atoms with Gasteiger partial charge in [-0.1, -0.05) is 6.92 Å². The van der Waals surface area contributed by atoms with Crippen molar-refractivity contribution < 1.29 is 9.90 Å². The molecule has 1 aromatic rings. The van der Waals surface area contributed by atoms with Crippen molar-refractivity contribution in [2.24, 2.45) is 0 Å². The van der Waals surface area contributed by atoms with E-state index in [-0.39, 0.29) is 5.56 Å². The van der Waals surface area contributed by atoms with Gasteiger partial charge in [0.15, 0.2) is 5.43 Å². The number of carbonyl (C=O) groups is 1. The highest BCUT2D eigenvalue weighted by atomic mass is 16.4. The molecule has 1 N–H and O–H groups in total. The van der Waals surface area contributed by atoms with E-state index in [4.69, 9.17) is 5.11 Å². The molecule has 4 heteroatoms. The van der Waals surface area contributed by atoms with Crippen molar-refractivity contribution in [1.82, 2.24) is 4.57 Å². The fourth-order valence-corrected chi connectivity index (χ4v) is 1.08. The highest BCUT2D eigenvalue weighted by molar-refractivity contribution is 5.86. The van der Waals surface area contributed by atoms with Crippen LogP contribution in [-0.4, -0.2) is 15.6 Å². The second-order valence-electron chi connectivity index (χ2n) is 2.77. The van der Waals surface area contributed by atoms with E-state index in [9.17, 15) is 9.59 Å². The molecule has 0 fully saturated rings. The minimum atomic E-state index is -1.17. The molecule has 0 saturated heterocycles. The Bertz CT molecular complexity index is 367. The van der Waals surface area contributed by atoms with Crippen molar-refractivity contribution in [3.8, 4) is 0 Å². The number of aryl methyl sites for hydroxylation is 1. The zero-order valence-electron chi connectivity index (χ0n) is 7.36. The maximum Gasteiger partial charge on any atom is 0.341 e. The number of hydrogen-bond acceptors (Lipinski definition) is 2. The zero-order chi connectivity index (χ0) is 9.84.